The van der Waals surface area contributed by atoms with Gasteiger partial charge in [0, 0.05) is 0 Å². The summed E-state index contributed by atoms with van der Waals surface area (Å²) in [6, 6.07) is 0. The number of rotatable bonds is 6. The lowest BCUT2D eigenvalue weighted by atomic mass is 10.3. The average molecular weight is 209 g/mol. The predicted molar refractivity (Wildman–Crippen MR) is 49.2 cm³/mol. The Morgan fingerprint density at radius 2 is 2.00 bits per heavy atom. The molecule has 0 saturated carbocycles. The average Bonchev–Trinajstić information content (AvgIpc) is 2.03. The predicted octanol–water partition coefficient (Wildman–Crippen LogP) is -0.387. The molecular weight excluding hydrogens is 194 g/mol. The molecule has 5 nitrogen and oxygen atoms in total. The third-order valence-corrected chi connectivity index (χ3v) is 3.91. The van der Waals surface area contributed by atoms with E-state index in [4.69, 9.17) is 10.8 Å². The van der Waals surface area contributed by atoms with E-state index in [1.54, 1.807) is 0 Å². The number of sulfone groups is 1. The molecule has 0 aliphatic rings. The molecular formula is C7H15NO4S. The summed E-state index contributed by atoms with van der Waals surface area (Å²) in [5.41, 5.74) is 5.18. The highest BCUT2D eigenvalue weighted by Gasteiger charge is 2.26. The number of aliphatic carboxylic acids is 1. The summed E-state index contributed by atoms with van der Waals surface area (Å²) in [6.07, 6.45) is 1.03. The number of hydrogen-bond acceptors (Lipinski definition) is 4. The van der Waals surface area contributed by atoms with Gasteiger partial charge in [-0.25, -0.2) is 8.42 Å². The zero-order chi connectivity index (χ0) is 10.5. The molecule has 1 unspecified atom stereocenters. The maximum absolute atomic E-state index is 11.2. The monoisotopic (exact) mass is 209 g/mol. The molecule has 6 heteroatoms. The molecule has 0 aromatic carbocycles. The van der Waals surface area contributed by atoms with E-state index in [1.807, 2.05) is 0 Å². The lowest BCUT2D eigenvalue weighted by molar-refractivity contribution is -0.136. The number of carbonyl (C=O) groups is 1. The van der Waals surface area contributed by atoms with Crippen molar-refractivity contribution < 1.29 is 18.3 Å². The summed E-state index contributed by atoms with van der Waals surface area (Å²) < 4.78 is 22.5. The first-order valence-corrected chi connectivity index (χ1v) is 5.78. The van der Waals surface area contributed by atoms with Crippen molar-refractivity contribution in [1.82, 2.24) is 0 Å². The van der Waals surface area contributed by atoms with Gasteiger partial charge in [-0.15, -0.1) is 0 Å². The van der Waals surface area contributed by atoms with Gasteiger partial charge in [0.1, 0.15) is 0 Å². The first-order chi connectivity index (χ1) is 5.91. The molecule has 0 spiro atoms. The molecule has 13 heavy (non-hydrogen) atoms. The van der Waals surface area contributed by atoms with Crippen molar-refractivity contribution in [2.45, 2.75) is 25.0 Å². The largest absolute Gasteiger partial charge is 0.480 e. The molecule has 0 bridgehead atoms. The van der Waals surface area contributed by atoms with E-state index in [2.05, 4.69) is 0 Å². The summed E-state index contributed by atoms with van der Waals surface area (Å²) >= 11 is 0. The van der Waals surface area contributed by atoms with Crippen LogP contribution in [0.4, 0.5) is 0 Å². The zero-order valence-electron chi connectivity index (χ0n) is 7.56. The first kappa shape index (κ1) is 12.4. The minimum Gasteiger partial charge on any atom is -0.480 e. The Morgan fingerprint density at radius 1 is 1.46 bits per heavy atom. The molecule has 0 saturated heterocycles. The van der Waals surface area contributed by atoms with Gasteiger partial charge in [0.15, 0.2) is 15.1 Å². The van der Waals surface area contributed by atoms with Gasteiger partial charge < -0.3 is 10.8 Å². The summed E-state index contributed by atoms with van der Waals surface area (Å²) in [7, 11) is -3.49. The van der Waals surface area contributed by atoms with Gasteiger partial charge in [0.25, 0.3) is 0 Å². The SMILES string of the molecule is CC(C(=O)O)S(=O)(=O)CCCCN. The molecule has 0 aliphatic carbocycles. The van der Waals surface area contributed by atoms with Crippen LogP contribution < -0.4 is 5.73 Å². The van der Waals surface area contributed by atoms with E-state index in [0.717, 1.165) is 0 Å². The van der Waals surface area contributed by atoms with E-state index in [1.165, 1.54) is 6.92 Å². The second-order valence-electron chi connectivity index (χ2n) is 2.84. The minimum atomic E-state index is -3.49. The van der Waals surface area contributed by atoms with Crippen molar-refractivity contribution in [3.63, 3.8) is 0 Å². The molecule has 0 aliphatic heterocycles. The summed E-state index contributed by atoms with van der Waals surface area (Å²) in [6.45, 7) is 1.61. The zero-order valence-corrected chi connectivity index (χ0v) is 8.38. The van der Waals surface area contributed by atoms with E-state index in [9.17, 15) is 13.2 Å². The fourth-order valence-corrected chi connectivity index (χ4v) is 2.05. The molecule has 0 heterocycles. The van der Waals surface area contributed by atoms with Crippen LogP contribution in [-0.4, -0.2) is 37.0 Å². The quantitative estimate of drug-likeness (QED) is 0.581. The van der Waals surface area contributed by atoms with E-state index < -0.39 is 21.1 Å². The highest BCUT2D eigenvalue weighted by Crippen LogP contribution is 2.05. The first-order valence-electron chi connectivity index (χ1n) is 4.06. The van der Waals surface area contributed by atoms with Gasteiger partial charge in [-0.1, -0.05) is 0 Å². The Kier molecular flexibility index (Phi) is 4.94. The second-order valence-corrected chi connectivity index (χ2v) is 5.28. The highest BCUT2D eigenvalue weighted by molar-refractivity contribution is 7.92. The lowest BCUT2D eigenvalue weighted by Gasteiger charge is -2.07. The highest BCUT2D eigenvalue weighted by atomic mass is 32.2. The smallest absolute Gasteiger partial charge is 0.321 e. The van der Waals surface area contributed by atoms with Gasteiger partial charge in [0.2, 0.25) is 0 Å². The van der Waals surface area contributed by atoms with Crippen LogP contribution in [0.5, 0.6) is 0 Å². The Bertz CT molecular complexity index is 260. The van der Waals surface area contributed by atoms with Crippen molar-refractivity contribution in [3.8, 4) is 0 Å². The maximum Gasteiger partial charge on any atom is 0.321 e. The van der Waals surface area contributed by atoms with Crippen LogP contribution in [0.25, 0.3) is 0 Å². The fraction of sp³-hybridized carbons (Fsp3) is 0.857. The van der Waals surface area contributed by atoms with Crippen LogP contribution in [0, 0.1) is 0 Å². The molecule has 0 amide bonds. The summed E-state index contributed by atoms with van der Waals surface area (Å²) in [5.74, 6) is -1.40. The summed E-state index contributed by atoms with van der Waals surface area (Å²) in [5, 5.41) is 7.16. The molecule has 78 valence electrons. The van der Waals surface area contributed by atoms with Crippen LogP contribution >= 0.6 is 0 Å². The fourth-order valence-electron chi connectivity index (χ4n) is 0.778. The standard InChI is InChI=1S/C7H15NO4S/c1-6(7(9)10)13(11,12)5-3-2-4-8/h6H,2-5,8H2,1H3,(H,9,10). The van der Waals surface area contributed by atoms with Gasteiger partial charge >= 0.3 is 5.97 Å². The van der Waals surface area contributed by atoms with Crippen molar-refractivity contribution >= 4 is 15.8 Å². The minimum absolute atomic E-state index is 0.0995. The van der Waals surface area contributed by atoms with E-state index in [0.29, 0.717) is 19.4 Å². The van der Waals surface area contributed by atoms with Crippen molar-refractivity contribution in [1.29, 1.82) is 0 Å². The Hall–Kier alpha value is -0.620. The van der Waals surface area contributed by atoms with Gasteiger partial charge in [-0.2, -0.15) is 0 Å². The molecule has 0 fully saturated rings. The molecule has 0 rings (SSSR count). The van der Waals surface area contributed by atoms with Crippen LogP contribution in [0.3, 0.4) is 0 Å². The number of unbranched alkanes of at least 4 members (excludes halogenated alkanes) is 1. The Labute approximate surface area is 77.8 Å². The molecule has 3 N–H and O–H groups in total. The van der Waals surface area contributed by atoms with Crippen molar-refractivity contribution in [2.24, 2.45) is 5.73 Å². The Morgan fingerprint density at radius 3 is 2.38 bits per heavy atom. The van der Waals surface area contributed by atoms with Crippen molar-refractivity contribution in [2.75, 3.05) is 12.3 Å². The number of carboxylic acid groups (broad SMARTS) is 1. The van der Waals surface area contributed by atoms with Gasteiger partial charge in [-0.05, 0) is 26.3 Å². The second kappa shape index (κ2) is 5.18. The molecule has 0 aromatic rings. The number of nitrogens with two attached hydrogens (primary N) is 1. The molecule has 0 aromatic heterocycles. The van der Waals surface area contributed by atoms with Gasteiger partial charge in [0.05, 0.1) is 5.75 Å². The van der Waals surface area contributed by atoms with E-state index >= 15 is 0 Å². The molecule has 1 atom stereocenters. The van der Waals surface area contributed by atoms with Crippen LogP contribution in [-0.2, 0) is 14.6 Å². The van der Waals surface area contributed by atoms with Crippen LogP contribution in [0.2, 0.25) is 0 Å². The lowest BCUT2D eigenvalue weighted by Crippen LogP contribution is -2.29. The topological polar surface area (TPSA) is 97.5 Å². The number of hydrogen-bond donors (Lipinski definition) is 2. The molecule has 0 radical (unpaired) electrons. The normalized spacial score (nSPS) is 14.0. The van der Waals surface area contributed by atoms with Gasteiger partial charge in [-0.3, -0.25) is 4.79 Å². The van der Waals surface area contributed by atoms with Crippen molar-refractivity contribution in [3.05, 3.63) is 0 Å². The van der Waals surface area contributed by atoms with Crippen LogP contribution in [0.1, 0.15) is 19.8 Å². The summed E-state index contributed by atoms with van der Waals surface area (Å²) in [4.78, 5) is 10.4. The maximum atomic E-state index is 11.2. The van der Waals surface area contributed by atoms with Crippen LogP contribution in [0.15, 0.2) is 0 Å². The van der Waals surface area contributed by atoms with E-state index in [-0.39, 0.29) is 5.75 Å². The number of carboxylic acids is 1. The third-order valence-electron chi connectivity index (χ3n) is 1.77. The third kappa shape index (κ3) is 4.23. The Balaban J connectivity index is 4.16.